The van der Waals surface area contributed by atoms with Crippen molar-refractivity contribution < 1.29 is 18.0 Å². The van der Waals surface area contributed by atoms with Crippen molar-refractivity contribution in [2.75, 3.05) is 29.9 Å². The Kier molecular flexibility index (Phi) is 6.58. The smallest absolute Gasteiger partial charge is 0.356 e. The molecular formula is C23H32F3N7O. The van der Waals surface area contributed by atoms with E-state index in [4.69, 9.17) is 0 Å². The highest BCUT2D eigenvalue weighted by atomic mass is 19.4. The van der Waals surface area contributed by atoms with E-state index >= 15 is 0 Å². The maximum Gasteiger partial charge on any atom is 0.434 e. The number of imidazole rings is 1. The number of carbonyl (C=O) groups is 1. The van der Waals surface area contributed by atoms with Crippen molar-refractivity contribution in [3.05, 3.63) is 29.6 Å². The molecule has 1 amide bonds. The molecule has 186 valence electrons. The Bertz CT molecular complexity index is 1040. The van der Waals surface area contributed by atoms with E-state index in [1.165, 1.54) is 6.33 Å². The number of alkyl halides is 3. The molecule has 0 saturated carbocycles. The van der Waals surface area contributed by atoms with Gasteiger partial charge in [-0.15, -0.1) is 0 Å². The van der Waals surface area contributed by atoms with Crippen LogP contribution in [0.15, 0.2) is 12.5 Å². The van der Waals surface area contributed by atoms with Crippen LogP contribution in [0, 0.1) is 0 Å². The van der Waals surface area contributed by atoms with Crippen molar-refractivity contribution in [1.29, 1.82) is 0 Å². The van der Waals surface area contributed by atoms with Gasteiger partial charge in [0.1, 0.15) is 23.8 Å². The summed E-state index contributed by atoms with van der Waals surface area (Å²) in [7, 11) is 0. The van der Waals surface area contributed by atoms with Crippen molar-refractivity contribution in [2.45, 2.75) is 77.1 Å². The third-order valence-electron chi connectivity index (χ3n) is 6.37. The Balaban J connectivity index is 1.51. The van der Waals surface area contributed by atoms with Gasteiger partial charge in [-0.1, -0.05) is 6.92 Å². The fourth-order valence-corrected chi connectivity index (χ4v) is 4.73. The van der Waals surface area contributed by atoms with Crippen LogP contribution >= 0.6 is 0 Å². The maximum atomic E-state index is 13.4. The molecule has 2 aromatic rings. The van der Waals surface area contributed by atoms with Gasteiger partial charge in [0, 0.05) is 55.8 Å². The second-order valence-corrected chi connectivity index (χ2v) is 10.2. The summed E-state index contributed by atoms with van der Waals surface area (Å²) in [6.07, 6.45) is -0.176. The van der Waals surface area contributed by atoms with E-state index in [1.807, 2.05) is 27.7 Å². The molecule has 0 radical (unpaired) electrons. The summed E-state index contributed by atoms with van der Waals surface area (Å²) in [6, 6.07) is 0. The number of fused-ring (bicyclic) bond motifs is 1. The van der Waals surface area contributed by atoms with Crippen molar-refractivity contribution in [3.63, 3.8) is 0 Å². The molecule has 1 saturated heterocycles. The summed E-state index contributed by atoms with van der Waals surface area (Å²) < 4.78 is 41.9. The van der Waals surface area contributed by atoms with Gasteiger partial charge in [-0.05, 0) is 39.5 Å². The van der Waals surface area contributed by atoms with Crippen molar-refractivity contribution >= 4 is 17.5 Å². The van der Waals surface area contributed by atoms with Gasteiger partial charge in [0.2, 0.25) is 5.91 Å². The third-order valence-corrected chi connectivity index (χ3v) is 6.37. The minimum Gasteiger partial charge on any atom is -0.356 e. The van der Waals surface area contributed by atoms with E-state index in [-0.39, 0.29) is 23.3 Å². The highest BCUT2D eigenvalue weighted by Crippen LogP contribution is 2.39. The van der Waals surface area contributed by atoms with Gasteiger partial charge in [-0.2, -0.15) is 13.2 Å². The molecular weight excluding hydrogens is 447 g/mol. The van der Waals surface area contributed by atoms with Gasteiger partial charge in [-0.25, -0.2) is 15.0 Å². The lowest BCUT2D eigenvalue weighted by molar-refractivity contribution is -0.141. The van der Waals surface area contributed by atoms with Crippen LogP contribution in [-0.4, -0.2) is 50.6 Å². The normalized spacial score (nSPS) is 19.8. The van der Waals surface area contributed by atoms with Crippen LogP contribution < -0.4 is 15.5 Å². The predicted molar refractivity (Wildman–Crippen MR) is 123 cm³/mol. The number of amides is 1. The van der Waals surface area contributed by atoms with Crippen LogP contribution in [0.25, 0.3) is 0 Å². The molecule has 1 fully saturated rings. The number of rotatable bonds is 5. The highest BCUT2D eigenvalue weighted by molar-refractivity contribution is 5.94. The van der Waals surface area contributed by atoms with E-state index in [0.717, 1.165) is 17.6 Å². The molecule has 4 heterocycles. The number of hydrogen-bond donors (Lipinski definition) is 2. The molecule has 8 nitrogen and oxygen atoms in total. The fraction of sp³-hybridized carbons (Fsp3) is 0.652. The van der Waals surface area contributed by atoms with Crippen molar-refractivity contribution in [1.82, 2.24) is 24.8 Å². The lowest BCUT2D eigenvalue weighted by Crippen LogP contribution is -2.38. The first-order valence-corrected chi connectivity index (χ1v) is 11.7. The van der Waals surface area contributed by atoms with Crippen LogP contribution in [0.4, 0.5) is 24.8 Å². The molecule has 0 spiro atoms. The Labute approximate surface area is 197 Å². The van der Waals surface area contributed by atoms with Crippen LogP contribution in [0.5, 0.6) is 0 Å². The Morgan fingerprint density at radius 1 is 1.18 bits per heavy atom. The summed E-state index contributed by atoms with van der Waals surface area (Å²) in [5, 5.41) is 6.15. The lowest BCUT2D eigenvalue weighted by Gasteiger charge is -2.35. The zero-order chi connectivity index (χ0) is 24.7. The number of anilines is 2. The molecule has 34 heavy (non-hydrogen) atoms. The number of carbonyl (C=O) groups excluding carboxylic acids is 1. The highest BCUT2D eigenvalue weighted by Gasteiger charge is 2.37. The first-order valence-electron chi connectivity index (χ1n) is 11.7. The first kappa shape index (κ1) is 24.4. The second-order valence-electron chi connectivity index (χ2n) is 10.2. The molecule has 2 aliphatic rings. The third kappa shape index (κ3) is 5.34. The van der Waals surface area contributed by atoms with Crippen LogP contribution in [-0.2, 0) is 17.5 Å². The Morgan fingerprint density at radius 3 is 2.53 bits per heavy atom. The number of nitrogens with zero attached hydrogens (tertiary/aromatic N) is 5. The number of piperidine rings is 1. The molecule has 11 heteroatoms. The average Bonchev–Trinajstić information content (AvgIpc) is 3.17. The minimum atomic E-state index is -4.47. The largest absolute Gasteiger partial charge is 0.434 e. The minimum absolute atomic E-state index is 0.00114. The van der Waals surface area contributed by atoms with Crippen LogP contribution in [0.1, 0.15) is 75.9 Å². The van der Waals surface area contributed by atoms with Gasteiger partial charge >= 0.3 is 6.18 Å². The predicted octanol–water partition coefficient (Wildman–Crippen LogP) is 3.91. The molecule has 2 aromatic heterocycles. The summed E-state index contributed by atoms with van der Waals surface area (Å²) in [6.45, 7) is 10.3. The Hall–Kier alpha value is -2.69. The molecule has 1 atom stereocenters. The second kappa shape index (κ2) is 9.16. The zero-order valence-electron chi connectivity index (χ0n) is 20.0. The van der Waals surface area contributed by atoms with E-state index in [0.29, 0.717) is 57.1 Å². The molecule has 0 aliphatic carbocycles. The molecule has 0 aromatic carbocycles. The Morgan fingerprint density at radius 2 is 1.88 bits per heavy atom. The lowest BCUT2D eigenvalue weighted by atomic mass is 9.92. The van der Waals surface area contributed by atoms with Gasteiger partial charge in [0.25, 0.3) is 0 Å². The molecule has 1 unspecified atom stereocenters. The quantitative estimate of drug-likeness (QED) is 0.676. The molecule has 0 bridgehead atoms. The van der Waals surface area contributed by atoms with Crippen molar-refractivity contribution in [2.24, 2.45) is 0 Å². The number of aromatic nitrogens is 4. The van der Waals surface area contributed by atoms with E-state index in [2.05, 4.69) is 30.5 Å². The fourth-order valence-electron chi connectivity index (χ4n) is 4.73. The average molecular weight is 480 g/mol. The topological polar surface area (TPSA) is 88.0 Å². The van der Waals surface area contributed by atoms with E-state index < -0.39 is 11.9 Å². The molecule has 2 N–H and O–H groups in total. The number of halogens is 3. The van der Waals surface area contributed by atoms with Gasteiger partial charge in [-0.3, -0.25) is 4.79 Å². The molecule has 2 aliphatic heterocycles. The van der Waals surface area contributed by atoms with Crippen LogP contribution in [0.3, 0.4) is 0 Å². The zero-order valence-corrected chi connectivity index (χ0v) is 20.0. The number of nitrogens with one attached hydrogen (secondary N) is 2. The number of hydrogen-bond acceptors (Lipinski definition) is 6. The van der Waals surface area contributed by atoms with Gasteiger partial charge in [0.05, 0.1) is 0 Å². The first-order chi connectivity index (χ1) is 15.9. The standard InChI is InChI=1S/C23H32F3N7O/c1-14-11-17(34)31-19-18(14)21(28-13-27-19)32-8-5-15(6-9-32)20-30-16(23(24,25)26)12-33(20)10-7-29-22(2,3)4/h12-15,29H,5-11H2,1-4H3,(H,27,28,31,34). The van der Waals surface area contributed by atoms with Crippen molar-refractivity contribution in [3.8, 4) is 0 Å². The summed E-state index contributed by atoms with van der Waals surface area (Å²) in [5.74, 6) is 1.71. The monoisotopic (exact) mass is 479 g/mol. The SMILES string of the molecule is CC1CC(=O)Nc2ncnc(N3CCC(c4nc(C(F)(F)F)cn4CCNC(C)(C)C)CC3)c21. The van der Waals surface area contributed by atoms with Gasteiger partial charge in [0.15, 0.2) is 5.69 Å². The maximum absolute atomic E-state index is 13.4. The van der Waals surface area contributed by atoms with Crippen LogP contribution in [0.2, 0.25) is 0 Å². The summed E-state index contributed by atoms with van der Waals surface area (Å²) in [4.78, 5) is 26.8. The summed E-state index contributed by atoms with van der Waals surface area (Å²) in [5.41, 5.74) is -0.0311. The van der Waals surface area contributed by atoms with E-state index in [9.17, 15) is 18.0 Å². The molecule has 4 rings (SSSR count). The van der Waals surface area contributed by atoms with E-state index in [1.54, 1.807) is 4.57 Å². The summed E-state index contributed by atoms with van der Waals surface area (Å²) >= 11 is 0. The van der Waals surface area contributed by atoms with Gasteiger partial charge < -0.3 is 20.1 Å².